The Kier molecular flexibility index (Phi) is 7.45. The number of hydrogen-bond donors (Lipinski definition) is 2. The van der Waals surface area contributed by atoms with Crippen LogP contribution in [0.15, 0.2) is 11.6 Å². The number of carbonyl (C=O) groups is 3. The molecule has 218 valence electrons. The van der Waals surface area contributed by atoms with Gasteiger partial charge < -0.3 is 19.3 Å². The Morgan fingerprint density at radius 1 is 1.08 bits per heavy atom. The maximum atomic E-state index is 12.5. The van der Waals surface area contributed by atoms with E-state index in [0.717, 1.165) is 63.4 Å². The van der Waals surface area contributed by atoms with E-state index < -0.39 is 11.0 Å². The van der Waals surface area contributed by atoms with Crippen LogP contribution >= 0.6 is 0 Å². The highest BCUT2D eigenvalue weighted by Crippen LogP contribution is 2.70. The molecule has 39 heavy (non-hydrogen) atoms. The van der Waals surface area contributed by atoms with E-state index >= 15 is 0 Å². The summed E-state index contributed by atoms with van der Waals surface area (Å²) in [5.41, 5.74) is -0.317. The van der Waals surface area contributed by atoms with E-state index in [0.29, 0.717) is 18.4 Å². The van der Waals surface area contributed by atoms with Crippen LogP contribution in [0.25, 0.3) is 0 Å². The van der Waals surface area contributed by atoms with Crippen molar-refractivity contribution in [3.8, 4) is 0 Å². The Morgan fingerprint density at radius 3 is 2.54 bits per heavy atom. The zero-order valence-corrected chi connectivity index (χ0v) is 24.3. The van der Waals surface area contributed by atoms with Crippen molar-refractivity contribution in [1.29, 1.82) is 0 Å². The third kappa shape index (κ3) is 4.94. The number of nitrogens with one attached hydrogen (secondary N) is 1. The van der Waals surface area contributed by atoms with Gasteiger partial charge >= 0.3 is 17.9 Å². The number of fused-ring (bicyclic) bond motifs is 5. The molecule has 5 rings (SSSR count). The molecule has 8 nitrogen and oxygen atoms in total. The molecular weight excluding hydrogens is 498 g/mol. The number of esters is 3. The first-order chi connectivity index (χ1) is 18.3. The second-order valence-electron chi connectivity index (χ2n) is 14.4. The molecule has 8 heteroatoms. The van der Waals surface area contributed by atoms with E-state index in [9.17, 15) is 19.5 Å². The third-order valence-corrected chi connectivity index (χ3v) is 11.4. The van der Waals surface area contributed by atoms with Crippen LogP contribution in [0.5, 0.6) is 0 Å². The Balaban J connectivity index is 1.17. The summed E-state index contributed by atoms with van der Waals surface area (Å²) in [7, 11) is 0. The van der Waals surface area contributed by atoms with Gasteiger partial charge in [0.2, 0.25) is 0 Å². The lowest BCUT2D eigenvalue weighted by molar-refractivity contribution is -0.210. The maximum absolute atomic E-state index is 12.5. The van der Waals surface area contributed by atoms with Crippen LogP contribution in [-0.4, -0.2) is 54.6 Å². The minimum atomic E-state index is -0.716. The topological polar surface area (TPSA) is 111 Å². The van der Waals surface area contributed by atoms with Gasteiger partial charge in [0.25, 0.3) is 0 Å². The predicted octanol–water partition coefficient (Wildman–Crippen LogP) is 4.29. The van der Waals surface area contributed by atoms with Gasteiger partial charge in [-0.25, -0.2) is 4.79 Å². The van der Waals surface area contributed by atoms with Gasteiger partial charge in [0.15, 0.2) is 0 Å². The zero-order valence-electron chi connectivity index (χ0n) is 24.3. The van der Waals surface area contributed by atoms with Crippen LogP contribution in [0.2, 0.25) is 0 Å². The Labute approximate surface area is 232 Å². The van der Waals surface area contributed by atoms with Crippen LogP contribution in [0.4, 0.5) is 0 Å². The molecule has 8 atom stereocenters. The summed E-state index contributed by atoms with van der Waals surface area (Å²) in [5.74, 6) is 0.530. The summed E-state index contributed by atoms with van der Waals surface area (Å²) >= 11 is 0. The summed E-state index contributed by atoms with van der Waals surface area (Å²) in [4.78, 5) is 36.1. The first-order valence-corrected chi connectivity index (χ1v) is 14.9. The molecule has 0 amide bonds. The lowest BCUT2D eigenvalue weighted by Gasteiger charge is -2.63. The van der Waals surface area contributed by atoms with Gasteiger partial charge in [-0.05, 0) is 113 Å². The fraction of sp³-hybridized carbons (Fsp3) is 0.839. The van der Waals surface area contributed by atoms with E-state index in [1.54, 1.807) is 26.8 Å². The highest BCUT2D eigenvalue weighted by atomic mass is 16.6. The lowest BCUT2D eigenvalue weighted by Crippen LogP contribution is -2.62. The van der Waals surface area contributed by atoms with Crippen LogP contribution in [0, 0.1) is 39.9 Å². The number of cyclic esters (lactones) is 1. The van der Waals surface area contributed by atoms with Gasteiger partial charge in [0.1, 0.15) is 19.4 Å². The smallest absolute Gasteiger partial charge is 0.331 e. The fourth-order valence-electron chi connectivity index (χ4n) is 9.19. The second-order valence-corrected chi connectivity index (χ2v) is 14.4. The Morgan fingerprint density at radius 2 is 1.85 bits per heavy atom. The minimum absolute atomic E-state index is 0.0110. The average Bonchev–Trinajstić information content (AvgIpc) is 3.41. The molecule has 0 saturated heterocycles. The van der Waals surface area contributed by atoms with E-state index in [4.69, 9.17) is 14.2 Å². The molecule has 1 heterocycles. The second kappa shape index (κ2) is 10.2. The largest absolute Gasteiger partial charge is 0.461 e. The van der Waals surface area contributed by atoms with Gasteiger partial charge in [-0.1, -0.05) is 13.8 Å². The number of ether oxygens (including phenoxy) is 3. The summed E-state index contributed by atoms with van der Waals surface area (Å²) in [6.07, 6.45) is 10.1. The molecule has 0 radical (unpaired) electrons. The van der Waals surface area contributed by atoms with Crippen molar-refractivity contribution in [2.24, 2.45) is 39.9 Å². The van der Waals surface area contributed by atoms with E-state index in [-0.39, 0.29) is 60.0 Å². The first-order valence-electron chi connectivity index (χ1n) is 14.9. The Hall–Kier alpha value is -1.93. The number of carbonyl (C=O) groups excluding carboxylic acids is 3. The average molecular weight is 546 g/mol. The molecule has 0 aromatic rings. The van der Waals surface area contributed by atoms with Crippen LogP contribution < -0.4 is 5.32 Å². The number of hydrogen-bond acceptors (Lipinski definition) is 8. The van der Waals surface area contributed by atoms with Gasteiger partial charge in [-0.2, -0.15) is 0 Å². The van der Waals surface area contributed by atoms with E-state index in [2.05, 4.69) is 19.2 Å². The normalized spacial score (nSPS) is 41.5. The SMILES string of the molecule is CC(C)(C)C(=O)OCNCC(=O)OC1CC[C@@]2(C)C(CC[C@@H]3[C@@H]2CC[C@]2(C)[C@@H](C4=CC(=O)OC4)CC[C@]32O)C1. The van der Waals surface area contributed by atoms with Crippen LogP contribution in [0.1, 0.15) is 92.4 Å². The molecule has 0 spiro atoms. The molecule has 5 aliphatic rings. The molecule has 2 N–H and O–H groups in total. The van der Waals surface area contributed by atoms with Gasteiger partial charge in [0, 0.05) is 11.5 Å². The number of rotatable bonds is 6. The fourth-order valence-corrected chi connectivity index (χ4v) is 9.19. The molecule has 0 bridgehead atoms. The standard InChI is InChI=1S/C31H47NO7/c1-28(2,3)27(35)38-18-32-16-26(34)39-21-8-11-29(4)20(15-21)6-7-24-23(29)9-12-30(5)22(10-13-31(24,30)36)19-14-25(33)37-17-19/h14,20-24,32,36H,6-13,15-18H2,1-5H3/t20?,21?,22-,23+,24-,29+,30-,31+/m1/s1. The van der Waals surface area contributed by atoms with Gasteiger partial charge in [-0.15, -0.1) is 0 Å². The highest BCUT2D eigenvalue weighted by molar-refractivity contribution is 5.85. The molecule has 2 unspecified atom stereocenters. The van der Waals surface area contributed by atoms with Crippen molar-refractivity contribution in [3.05, 3.63) is 11.6 Å². The molecular formula is C31H47NO7. The lowest BCUT2D eigenvalue weighted by atomic mass is 9.43. The summed E-state index contributed by atoms with van der Waals surface area (Å²) in [6, 6.07) is 0. The zero-order chi connectivity index (χ0) is 28.2. The molecule has 0 aromatic carbocycles. The number of aliphatic hydroxyl groups is 1. The molecule has 0 aromatic heterocycles. The van der Waals surface area contributed by atoms with E-state index in [1.807, 2.05) is 0 Å². The summed E-state index contributed by atoms with van der Waals surface area (Å²) in [5, 5.41) is 15.2. The maximum Gasteiger partial charge on any atom is 0.331 e. The third-order valence-electron chi connectivity index (χ3n) is 11.4. The minimum Gasteiger partial charge on any atom is -0.461 e. The summed E-state index contributed by atoms with van der Waals surface area (Å²) < 4.78 is 16.3. The van der Waals surface area contributed by atoms with Crippen LogP contribution in [-0.2, 0) is 28.6 Å². The summed E-state index contributed by atoms with van der Waals surface area (Å²) in [6.45, 7) is 10.4. The van der Waals surface area contributed by atoms with Crippen molar-refractivity contribution in [2.75, 3.05) is 19.9 Å². The monoisotopic (exact) mass is 545 g/mol. The molecule has 4 saturated carbocycles. The van der Waals surface area contributed by atoms with Crippen molar-refractivity contribution in [1.82, 2.24) is 5.32 Å². The quantitative estimate of drug-likeness (QED) is 0.220. The molecule has 4 fully saturated rings. The Bertz CT molecular complexity index is 1030. The molecule has 1 aliphatic heterocycles. The van der Waals surface area contributed by atoms with Crippen molar-refractivity contribution in [3.63, 3.8) is 0 Å². The predicted molar refractivity (Wildman–Crippen MR) is 144 cm³/mol. The van der Waals surface area contributed by atoms with Crippen molar-refractivity contribution in [2.45, 2.75) is 104 Å². The van der Waals surface area contributed by atoms with E-state index in [1.165, 1.54) is 0 Å². The van der Waals surface area contributed by atoms with Crippen molar-refractivity contribution >= 4 is 17.9 Å². The van der Waals surface area contributed by atoms with Crippen LogP contribution in [0.3, 0.4) is 0 Å². The first kappa shape index (κ1) is 28.6. The van der Waals surface area contributed by atoms with Gasteiger partial charge in [-0.3, -0.25) is 14.9 Å². The highest BCUT2D eigenvalue weighted by Gasteiger charge is 2.67. The molecule has 4 aliphatic carbocycles. The van der Waals surface area contributed by atoms with Gasteiger partial charge in [0.05, 0.1) is 17.6 Å². The van der Waals surface area contributed by atoms with Crippen molar-refractivity contribution < 1.29 is 33.7 Å².